The molecule has 0 fully saturated rings. The molecule has 7 heteroatoms. The van der Waals surface area contributed by atoms with Gasteiger partial charge in [0.15, 0.2) is 5.75 Å². The number of hydrogen-bond donors (Lipinski definition) is 1. The van der Waals surface area contributed by atoms with Crippen LogP contribution in [0.15, 0.2) is 17.2 Å². The van der Waals surface area contributed by atoms with Crippen molar-refractivity contribution in [1.29, 1.82) is 0 Å². The van der Waals surface area contributed by atoms with Crippen LogP contribution in [0.3, 0.4) is 0 Å². The summed E-state index contributed by atoms with van der Waals surface area (Å²) in [6.45, 7) is 2.03. The first-order valence-electron chi connectivity index (χ1n) is 5.31. The van der Waals surface area contributed by atoms with Crippen LogP contribution in [0.5, 0.6) is 11.5 Å². The number of ether oxygens (including phenoxy) is 1. The first-order valence-corrected chi connectivity index (χ1v) is 5.31. The Morgan fingerprint density at radius 1 is 1.56 bits per heavy atom. The summed E-state index contributed by atoms with van der Waals surface area (Å²) in [5.74, 6) is -0.393. The van der Waals surface area contributed by atoms with Crippen LogP contribution in [0.25, 0.3) is 0 Å². The molecule has 0 saturated carbocycles. The molecule has 0 saturated heterocycles. The van der Waals surface area contributed by atoms with E-state index >= 15 is 0 Å². The summed E-state index contributed by atoms with van der Waals surface area (Å²) in [4.78, 5) is 10.1. The SMILES string of the molecule is CCOc1cc(/C=N/N(C)C)cc([N+](=O)[O-])c1O. The van der Waals surface area contributed by atoms with Gasteiger partial charge in [-0.15, -0.1) is 0 Å². The minimum absolute atomic E-state index is 0.0758. The van der Waals surface area contributed by atoms with Gasteiger partial charge >= 0.3 is 5.69 Å². The minimum Gasteiger partial charge on any atom is -0.500 e. The molecule has 0 aliphatic carbocycles. The molecule has 1 aromatic rings. The molecule has 0 aromatic heterocycles. The van der Waals surface area contributed by atoms with Crippen molar-refractivity contribution >= 4 is 11.9 Å². The number of hydrazone groups is 1. The van der Waals surface area contributed by atoms with Crippen molar-refractivity contribution in [2.45, 2.75) is 6.92 Å². The number of phenolic OH excluding ortho intramolecular Hbond substituents is 1. The lowest BCUT2D eigenvalue weighted by molar-refractivity contribution is -0.386. The fourth-order valence-electron chi connectivity index (χ4n) is 1.28. The van der Waals surface area contributed by atoms with Crippen LogP contribution in [0, 0.1) is 10.1 Å². The van der Waals surface area contributed by atoms with E-state index in [1.165, 1.54) is 18.3 Å². The highest BCUT2D eigenvalue weighted by molar-refractivity contribution is 5.83. The van der Waals surface area contributed by atoms with Crippen LogP contribution in [-0.4, -0.2) is 42.0 Å². The second kappa shape index (κ2) is 5.85. The number of benzene rings is 1. The maximum Gasteiger partial charge on any atom is 0.315 e. The molecule has 0 atom stereocenters. The molecular formula is C11H15N3O4. The molecule has 0 amide bonds. The zero-order chi connectivity index (χ0) is 13.7. The van der Waals surface area contributed by atoms with Crippen molar-refractivity contribution in [3.05, 3.63) is 27.8 Å². The molecule has 18 heavy (non-hydrogen) atoms. The van der Waals surface area contributed by atoms with Crippen molar-refractivity contribution in [2.75, 3.05) is 20.7 Å². The molecule has 0 spiro atoms. The van der Waals surface area contributed by atoms with E-state index in [1.807, 2.05) is 0 Å². The first kappa shape index (κ1) is 13.8. The van der Waals surface area contributed by atoms with E-state index in [-0.39, 0.29) is 5.75 Å². The third-order valence-corrected chi connectivity index (χ3v) is 2.01. The van der Waals surface area contributed by atoms with E-state index in [2.05, 4.69) is 5.10 Å². The second-order valence-electron chi connectivity index (χ2n) is 3.67. The van der Waals surface area contributed by atoms with E-state index in [4.69, 9.17) is 4.74 Å². The monoisotopic (exact) mass is 253 g/mol. The second-order valence-corrected chi connectivity index (χ2v) is 3.67. The zero-order valence-corrected chi connectivity index (χ0v) is 10.5. The number of nitro benzene ring substituents is 1. The van der Waals surface area contributed by atoms with Gasteiger partial charge < -0.3 is 14.9 Å². The average Bonchev–Trinajstić information content (AvgIpc) is 2.29. The molecular weight excluding hydrogens is 238 g/mol. The highest BCUT2D eigenvalue weighted by Gasteiger charge is 2.19. The van der Waals surface area contributed by atoms with Crippen LogP contribution < -0.4 is 4.74 Å². The van der Waals surface area contributed by atoms with Crippen molar-refractivity contribution in [3.63, 3.8) is 0 Å². The molecule has 1 N–H and O–H groups in total. The van der Waals surface area contributed by atoms with Crippen molar-refractivity contribution < 1.29 is 14.8 Å². The van der Waals surface area contributed by atoms with Gasteiger partial charge in [-0.25, -0.2) is 0 Å². The zero-order valence-electron chi connectivity index (χ0n) is 10.5. The smallest absolute Gasteiger partial charge is 0.315 e. The predicted molar refractivity (Wildman–Crippen MR) is 67.2 cm³/mol. The summed E-state index contributed by atoms with van der Waals surface area (Å²) in [7, 11) is 3.46. The van der Waals surface area contributed by atoms with Gasteiger partial charge in [-0.05, 0) is 13.0 Å². The van der Waals surface area contributed by atoms with E-state index in [0.717, 1.165) is 0 Å². The summed E-state index contributed by atoms with van der Waals surface area (Å²) in [6.07, 6.45) is 1.45. The van der Waals surface area contributed by atoms with Crippen molar-refractivity contribution in [2.24, 2.45) is 5.10 Å². The Balaban J connectivity index is 3.24. The van der Waals surface area contributed by atoms with Gasteiger partial charge in [0.05, 0.1) is 17.7 Å². The highest BCUT2D eigenvalue weighted by atomic mass is 16.6. The number of nitrogens with zero attached hydrogens (tertiary/aromatic N) is 3. The lowest BCUT2D eigenvalue weighted by Crippen LogP contribution is -2.03. The normalized spacial score (nSPS) is 10.6. The van der Waals surface area contributed by atoms with Gasteiger partial charge in [0, 0.05) is 25.7 Å². The summed E-state index contributed by atoms with van der Waals surface area (Å²) in [5.41, 5.74) is 0.0813. The van der Waals surface area contributed by atoms with E-state index in [0.29, 0.717) is 12.2 Å². The predicted octanol–water partition coefficient (Wildman–Crippen LogP) is 1.59. The number of phenols is 1. The average molecular weight is 253 g/mol. The third-order valence-electron chi connectivity index (χ3n) is 2.01. The van der Waals surface area contributed by atoms with Gasteiger partial charge in [0.25, 0.3) is 0 Å². The number of nitro groups is 1. The number of aromatic hydroxyl groups is 1. The molecule has 0 bridgehead atoms. The van der Waals surface area contributed by atoms with Crippen molar-refractivity contribution in [1.82, 2.24) is 5.01 Å². The topological polar surface area (TPSA) is 88.2 Å². The fraction of sp³-hybridized carbons (Fsp3) is 0.364. The van der Waals surface area contributed by atoms with Gasteiger partial charge in [-0.1, -0.05) is 0 Å². The third kappa shape index (κ3) is 3.34. The Hall–Kier alpha value is -2.31. The van der Waals surface area contributed by atoms with Gasteiger partial charge in [0.1, 0.15) is 0 Å². The van der Waals surface area contributed by atoms with E-state index < -0.39 is 16.4 Å². The van der Waals surface area contributed by atoms with Gasteiger partial charge in [-0.2, -0.15) is 5.10 Å². The Morgan fingerprint density at radius 2 is 2.22 bits per heavy atom. The molecule has 1 rings (SSSR count). The molecule has 0 radical (unpaired) electrons. The Morgan fingerprint density at radius 3 is 2.72 bits per heavy atom. The maximum atomic E-state index is 10.8. The molecule has 7 nitrogen and oxygen atoms in total. The van der Waals surface area contributed by atoms with Crippen LogP contribution in [-0.2, 0) is 0 Å². The van der Waals surface area contributed by atoms with Crippen LogP contribution in [0.2, 0.25) is 0 Å². The summed E-state index contributed by atoms with van der Waals surface area (Å²) in [5, 5.41) is 26.0. The first-order chi connectivity index (χ1) is 8.45. The summed E-state index contributed by atoms with van der Waals surface area (Å²) < 4.78 is 5.15. The van der Waals surface area contributed by atoms with Crippen LogP contribution in [0.1, 0.15) is 12.5 Å². The largest absolute Gasteiger partial charge is 0.500 e. The summed E-state index contributed by atoms with van der Waals surface area (Å²) >= 11 is 0. The van der Waals surface area contributed by atoms with Crippen LogP contribution in [0.4, 0.5) is 5.69 Å². The molecule has 0 heterocycles. The Bertz CT molecular complexity index is 472. The standard InChI is InChI=1S/C11H15N3O4/c1-4-18-10-6-8(7-12-13(2)3)5-9(11(10)15)14(16)17/h5-7,15H,4H2,1-3H3/b12-7+. The Labute approximate surface area is 104 Å². The molecule has 98 valence electrons. The van der Waals surface area contributed by atoms with E-state index in [1.54, 1.807) is 26.0 Å². The van der Waals surface area contributed by atoms with Gasteiger partial charge in [-0.3, -0.25) is 10.1 Å². The van der Waals surface area contributed by atoms with E-state index in [9.17, 15) is 15.2 Å². The maximum absolute atomic E-state index is 10.8. The number of rotatable bonds is 5. The van der Waals surface area contributed by atoms with Gasteiger partial charge in [0.2, 0.25) is 5.75 Å². The number of hydrogen-bond acceptors (Lipinski definition) is 6. The molecule has 1 aromatic carbocycles. The molecule has 0 aliphatic heterocycles. The van der Waals surface area contributed by atoms with Crippen LogP contribution >= 0.6 is 0 Å². The lowest BCUT2D eigenvalue weighted by atomic mass is 10.2. The molecule has 0 aliphatic rings. The fourth-order valence-corrected chi connectivity index (χ4v) is 1.28. The molecule has 0 unspecified atom stereocenters. The van der Waals surface area contributed by atoms with Crippen molar-refractivity contribution in [3.8, 4) is 11.5 Å². The lowest BCUT2D eigenvalue weighted by Gasteiger charge is -2.08. The highest BCUT2D eigenvalue weighted by Crippen LogP contribution is 2.36. The summed E-state index contributed by atoms with van der Waals surface area (Å²) in [6, 6.07) is 2.74. The quantitative estimate of drug-likeness (QED) is 0.489. The minimum atomic E-state index is -0.662. The Kier molecular flexibility index (Phi) is 4.47.